The number of imidazole rings is 1. The Morgan fingerprint density at radius 3 is 2.74 bits per heavy atom. The minimum Gasteiger partial charge on any atom is -0.374 e. The lowest BCUT2D eigenvalue weighted by Gasteiger charge is -2.27. The number of halogens is 1. The number of rotatable bonds is 6. The Hall–Kier alpha value is -4.22. The van der Waals surface area contributed by atoms with E-state index in [4.69, 9.17) is 4.98 Å². The maximum atomic E-state index is 16.1. The summed E-state index contributed by atoms with van der Waals surface area (Å²) in [5, 5.41) is 25.4. The van der Waals surface area contributed by atoms with E-state index in [1.54, 1.807) is 42.2 Å². The number of hydrogen-bond acceptors (Lipinski definition) is 8. The van der Waals surface area contributed by atoms with Gasteiger partial charge in [-0.1, -0.05) is 19.3 Å². The number of nitrogens with zero attached hydrogens (tertiary/aromatic N) is 5. The van der Waals surface area contributed by atoms with Gasteiger partial charge in [0, 0.05) is 34.8 Å². The Morgan fingerprint density at radius 2 is 1.90 bits per heavy atom. The summed E-state index contributed by atoms with van der Waals surface area (Å²) >= 11 is 1.59. The summed E-state index contributed by atoms with van der Waals surface area (Å²) in [6.45, 7) is 0. The lowest BCUT2D eigenvalue weighted by molar-refractivity contribution is 0.109. The summed E-state index contributed by atoms with van der Waals surface area (Å²) in [7, 11) is 0. The molecule has 11 heteroatoms. The van der Waals surface area contributed by atoms with Crippen LogP contribution in [0.15, 0.2) is 53.7 Å². The fourth-order valence-corrected chi connectivity index (χ4v) is 6.03. The predicted octanol–water partition coefficient (Wildman–Crippen LogP) is 6.14. The zero-order valence-corrected chi connectivity index (χ0v) is 21.7. The average Bonchev–Trinajstić information content (AvgIpc) is 3.73. The second-order valence-corrected chi connectivity index (χ2v) is 10.7. The van der Waals surface area contributed by atoms with Crippen LogP contribution < -0.4 is 5.32 Å². The van der Waals surface area contributed by atoms with Crippen molar-refractivity contribution in [3.8, 4) is 34.0 Å². The van der Waals surface area contributed by atoms with E-state index in [0.29, 0.717) is 33.8 Å². The van der Waals surface area contributed by atoms with Gasteiger partial charge in [-0.25, -0.2) is 9.37 Å². The molecule has 6 aromatic heterocycles. The molecule has 9 nitrogen and oxygen atoms in total. The van der Waals surface area contributed by atoms with E-state index in [2.05, 4.69) is 35.5 Å². The third-order valence-electron chi connectivity index (χ3n) is 7.39. The molecule has 0 amide bonds. The predicted molar refractivity (Wildman–Crippen MR) is 149 cm³/mol. The Balaban J connectivity index is 1.26. The number of nitrogens with one attached hydrogen (secondary N) is 3. The van der Waals surface area contributed by atoms with Gasteiger partial charge in [-0.3, -0.25) is 20.1 Å². The van der Waals surface area contributed by atoms with Crippen LogP contribution in [0, 0.1) is 11.7 Å². The minimum absolute atomic E-state index is 0.144. The van der Waals surface area contributed by atoms with Crippen molar-refractivity contribution in [2.45, 2.75) is 38.3 Å². The fourth-order valence-electron chi connectivity index (χ4n) is 5.39. The number of fused-ring (bicyclic) bond motifs is 2. The van der Waals surface area contributed by atoms with Crippen LogP contribution in [-0.2, 0) is 0 Å². The highest BCUT2D eigenvalue weighted by Gasteiger charge is 2.23. The highest BCUT2D eigenvalue weighted by atomic mass is 32.1. The topological polar surface area (TPSA) is 128 Å². The summed E-state index contributed by atoms with van der Waals surface area (Å²) in [5.41, 5.74) is 5.27. The maximum Gasteiger partial charge on any atom is 0.161 e. The summed E-state index contributed by atoms with van der Waals surface area (Å²) in [6, 6.07) is 5.59. The second-order valence-electron chi connectivity index (χ2n) is 9.88. The van der Waals surface area contributed by atoms with Crippen LogP contribution in [0.2, 0.25) is 0 Å². The molecule has 6 aromatic rings. The number of aromatic nitrogens is 7. The van der Waals surface area contributed by atoms with Crippen molar-refractivity contribution in [2.24, 2.45) is 5.92 Å². The fraction of sp³-hybridized carbons (Fsp3) is 0.250. The molecule has 1 aliphatic rings. The molecule has 0 saturated heterocycles. The van der Waals surface area contributed by atoms with Gasteiger partial charge in [0.1, 0.15) is 23.1 Å². The van der Waals surface area contributed by atoms with Crippen LogP contribution >= 0.6 is 11.3 Å². The molecule has 1 saturated carbocycles. The molecule has 7 rings (SSSR count). The second kappa shape index (κ2) is 9.83. The molecule has 196 valence electrons. The molecule has 1 unspecified atom stereocenters. The van der Waals surface area contributed by atoms with Crippen molar-refractivity contribution in [2.75, 3.05) is 5.32 Å². The molecule has 6 heterocycles. The van der Waals surface area contributed by atoms with Crippen LogP contribution in [0.5, 0.6) is 0 Å². The van der Waals surface area contributed by atoms with Gasteiger partial charge >= 0.3 is 0 Å². The third-order valence-corrected chi connectivity index (χ3v) is 8.07. The molecule has 1 fully saturated rings. The smallest absolute Gasteiger partial charge is 0.161 e. The van der Waals surface area contributed by atoms with E-state index < -0.39 is 12.0 Å². The van der Waals surface area contributed by atoms with E-state index in [-0.39, 0.29) is 17.0 Å². The Bertz CT molecular complexity index is 1770. The highest BCUT2D eigenvalue weighted by Crippen LogP contribution is 2.35. The first kappa shape index (κ1) is 23.9. The molecular formula is C28H25FN8OS. The molecule has 39 heavy (non-hydrogen) atoms. The molecule has 1 atom stereocenters. The van der Waals surface area contributed by atoms with Gasteiger partial charge in [-0.15, -0.1) is 0 Å². The van der Waals surface area contributed by atoms with Crippen molar-refractivity contribution < 1.29 is 9.50 Å². The molecule has 0 aromatic carbocycles. The molecule has 0 radical (unpaired) electrons. The normalized spacial score (nSPS) is 15.2. The number of H-pyrrole nitrogens is 2. The SMILES string of the molecule is OC(Nc1cncc(-c2ncc3[nH]nc(-c4nc5c(-c6ccsc6)nccc5[nH]4)c3c2F)c1)C1CCCCC1. The maximum absolute atomic E-state index is 16.1. The molecule has 4 N–H and O–H groups in total. The van der Waals surface area contributed by atoms with Crippen molar-refractivity contribution in [1.29, 1.82) is 0 Å². The third kappa shape index (κ3) is 4.33. The van der Waals surface area contributed by atoms with Crippen LogP contribution in [-0.4, -0.2) is 46.5 Å². The molecule has 0 aliphatic heterocycles. The van der Waals surface area contributed by atoms with Gasteiger partial charge in [0.15, 0.2) is 11.6 Å². The molecule has 0 spiro atoms. The summed E-state index contributed by atoms with van der Waals surface area (Å²) in [5.74, 6) is 0.0990. The van der Waals surface area contributed by atoms with Gasteiger partial charge in [0.25, 0.3) is 0 Å². The lowest BCUT2D eigenvalue weighted by atomic mass is 9.88. The number of aromatic amines is 2. The van der Waals surface area contributed by atoms with E-state index >= 15 is 4.39 Å². The van der Waals surface area contributed by atoms with E-state index in [0.717, 1.165) is 42.5 Å². The number of anilines is 1. The number of pyridine rings is 3. The number of aliphatic hydroxyl groups excluding tert-OH is 1. The largest absolute Gasteiger partial charge is 0.374 e. The van der Waals surface area contributed by atoms with Crippen LogP contribution in [0.1, 0.15) is 32.1 Å². The van der Waals surface area contributed by atoms with Gasteiger partial charge in [0.05, 0.1) is 40.2 Å². The monoisotopic (exact) mass is 540 g/mol. The lowest BCUT2D eigenvalue weighted by Crippen LogP contribution is -2.30. The molecular weight excluding hydrogens is 515 g/mol. The van der Waals surface area contributed by atoms with Crippen LogP contribution in [0.4, 0.5) is 10.1 Å². The van der Waals surface area contributed by atoms with Crippen molar-refractivity contribution in [1.82, 2.24) is 35.1 Å². The van der Waals surface area contributed by atoms with Gasteiger partial charge in [0.2, 0.25) is 0 Å². The summed E-state index contributed by atoms with van der Waals surface area (Å²) < 4.78 is 16.1. The summed E-state index contributed by atoms with van der Waals surface area (Å²) in [6.07, 6.45) is 11.2. The zero-order chi connectivity index (χ0) is 26.3. The van der Waals surface area contributed by atoms with Crippen molar-refractivity contribution in [3.05, 3.63) is 59.6 Å². The Kier molecular flexibility index (Phi) is 6.01. The number of thiophene rings is 1. The van der Waals surface area contributed by atoms with Crippen molar-refractivity contribution in [3.63, 3.8) is 0 Å². The zero-order valence-electron chi connectivity index (χ0n) is 20.9. The van der Waals surface area contributed by atoms with Gasteiger partial charge < -0.3 is 15.4 Å². The van der Waals surface area contributed by atoms with Gasteiger partial charge in [-0.2, -0.15) is 16.4 Å². The number of hydrogen-bond donors (Lipinski definition) is 4. The minimum atomic E-state index is -0.676. The first-order chi connectivity index (χ1) is 19.2. The van der Waals surface area contributed by atoms with Crippen molar-refractivity contribution >= 4 is 39.0 Å². The Morgan fingerprint density at radius 1 is 1.00 bits per heavy atom. The first-order valence-electron chi connectivity index (χ1n) is 13.0. The van der Waals surface area contributed by atoms with Gasteiger partial charge in [-0.05, 0) is 36.4 Å². The quantitative estimate of drug-likeness (QED) is 0.187. The van der Waals surface area contributed by atoms with E-state index in [1.807, 2.05) is 22.9 Å². The first-order valence-corrected chi connectivity index (χ1v) is 13.9. The summed E-state index contributed by atoms with van der Waals surface area (Å²) in [4.78, 5) is 21.2. The van der Waals surface area contributed by atoms with E-state index in [9.17, 15) is 5.11 Å². The van der Waals surface area contributed by atoms with Crippen LogP contribution in [0.3, 0.4) is 0 Å². The Labute approximate surface area is 226 Å². The average molecular weight is 541 g/mol. The van der Waals surface area contributed by atoms with E-state index in [1.165, 1.54) is 6.42 Å². The van der Waals surface area contributed by atoms with Crippen LogP contribution in [0.25, 0.3) is 56.0 Å². The number of aliphatic hydroxyl groups is 1. The standard InChI is InChI=1S/C28H25FN8OS/c29-22-21-20(13-32-23(22)17-10-18(12-30-11-17)33-28(38)15-4-2-1-3-5-15)36-37-26(21)27-34-19-6-8-31-24(25(19)35-27)16-7-9-39-14-16/h6-15,28,33,38H,1-5H2,(H,34,35)(H,36,37). The molecule has 0 bridgehead atoms. The molecule has 1 aliphatic carbocycles. The highest BCUT2D eigenvalue weighted by molar-refractivity contribution is 7.08.